The van der Waals surface area contributed by atoms with Gasteiger partial charge in [0.05, 0.1) is 30.0 Å². The minimum absolute atomic E-state index is 0.111. The average molecular weight is 307 g/mol. The molecule has 1 fully saturated rings. The first-order valence-corrected chi connectivity index (χ1v) is 8.65. The van der Waals surface area contributed by atoms with Gasteiger partial charge in [0.15, 0.2) is 0 Å². The van der Waals surface area contributed by atoms with E-state index in [1.807, 2.05) is 0 Å². The van der Waals surface area contributed by atoms with Crippen LogP contribution in [0.5, 0.6) is 0 Å². The Bertz CT molecular complexity index is 697. The quantitative estimate of drug-likeness (QED) is 0.913. The van der Waals surface area contributed by atoms with Crippen LogP contribution in [0.1, 0.15) is 24.5 Å². The molecule has 3 heterocycles. The second-order valence-electron chi connectivity index (χ2n) is 5.27. The summed E-state index contributed by atoms with van der Waals surface area (Å²) in [6.07, 6.45) is 9.93. The normalized spacial score (nSPS) is 20.5. The van der Waals surface area contributed by atoms with E-state index in [1.165, 1.54) is 10.6 Å². The number of rotatable bonds is 3. The number of hydrogen-bond donors (Lipinski definition) is 1. The van der Waals surface area contributed by atoms with Gasteiger partial charge in [0.25, 0.3) is 0 Å². The monoisotopic (exact) mass is 307 g/mol. The number of H-pyrrole nitrogens is 1. The molecule has 0 spiro atoms. The summed E-state index contributed by atoms with van der Waals surface area (Å²) >= 11 is 0. The minimum atomic E-state index is -3.14. The van der Waals surface area contributed by atoms with Crippen molar-refractivity contribution in [2.24, 2.45) is 0 Å². The van der Waals surface area contributed by atoms with Crippen molar-refractivity contribution < 1.29 is 8.42 Å². The second kappa shape index (κ2) is 5.53. The molecule has 8 heteroatoms. The molecule has 2 aromatic heterocycles. The van der Waals surface area contributed by atoms with Gasteiger partial charge >= 0.3 is 0 Å². The van der Waals surface area contributed by atoms with E-state index in [0.29, 0.717) is 13.1 Å². The second-order valence-corrected chi connectivity index (χ2v) is 7.26. The van der Waals surface area contributed by atoms with Crippen LogP contribution in [-0.2, 0) is 10.0 Å². The molecule has 21 heavy (non-hydrogen) atoms. The molecular weight excluding hydrogens is 290 g/mol. The van der Waals surface area contributed by atoms with Gasteiger partial charge in [-0.15, -0.1) is 0 Å². The Balaban J connectivity index is 1.78. The van der Waals surface area contributed by atoms with E-state index in [2.05, 4.69) is 20.2 Å². The number of nitrogens with zero attached hydrogens (tertiary/aromatic N) is 4. The summed E-state index contributed by atoms with van der Waals surface area (Å²) in [5, 5.41) is 6.62. The van der Waals surface area contributed by atoms with E-state index < -0.39 is 10.0 Å². The van der Waals surface area contributed by atoms with E-state index in [9.17, 15) is 8.42 Å². The lowest BCUT2D eigenvalue weighted by Crippen LogP contribution is -2.38. The number of sulfonamides is 1. The van der Waals surface area contributed by atoms with Crippen molar-refractivity contribution in [2.75, 3.05) is 19.3 Å². The number of nitrogens with one attached hydrogen (secondary N) is 1. The molecule has 1 atom stereocenters. The third kappa shape index (κ3) is 3.11. The van der Waals surface area contributed by atoms with Crippen molar-refractivity contribution >= 4 is 10.0 Å². The molecule has 1 N–H and O–H groups in total. The van der Waals surface area contributed by atoms with Crippen molar-refractivity contribution in [3.63, 3.8) is 0 Å². The Morgan fingerprint density at radius 2 is 2.14 bits per heavy atom. The first-order chi connectivity index (χ1) is 10.0. The average Bonchev–Trinajstić information content (AvgIpc) is 3.01. The van der Waals surface area contributed by atoms with E-state index in [1.54, 1.807) is 24.8 Å². The number of hydrogen-bond acceptors (Lipinski definition) is 5. The van der Waals surface area contributed by atoms with E-state index in [0.717, 1.165) is 29.8 Å². The molecule has 1 unspecified atom stereocenters. The van der Waals surface area contributed by atoms with Gasteiger partial charge < -0.3 is 0 Å². The molecule has 7 nitrogen and oxygen atoms in total. The lowest BCUT2D eigenvalue weighted by atomic mass is 9.96. The zero-order valence-corrected chi connectivity index (χ0v) is 12.5. The molecule has 0 radical (unpaired) electrons. The molecule has 0 amide bonds. The maximum absolute atomic E-state index is 11.7. The number of aromatic nitrogens is 4. The highest BCUT2D eigenvalue weighted by molar-refractivity contribution is 7.88. The molecule has 1 aliphatic rings. The van der Waals surface area contributed by atoms with Crippen LogP contribution in [0.4, 0.5) is 0 Å². The zero-order valence-electron chi connectivity index (χ0n) is 11.7. The van der Waals surface area contributed by atoms with E-state index >= 15 is 0 Å². The molecule has 0 saturated carbocycles. The Morgan fingerprint density at radius 1 is 1.29 bits per heavy atom. The number of aromatic amines is 1. The smallest absolute Gasteiger partial charge is 0.211 e. The molecule has 1 aliphatic heterocycles. The van der Waals surface area contributed by atoms with Crippen LogP contribution < -0.4 is 0 Å². The van der Waals surface area contributed by atoms with Gasteiger partial charge in [-0.1, -0.05) is 0 Å². The molecule has 0 bridgehead atoms. The Hall–Kier alpha value is -1.80. The van der Waals surface area contributed by atoms with Crippen molar-refractivity contribution in [1.29, 1.82) is 0 Å². The van der Waals surface area contributed by atoms with Crippen molar-refractivity contribution in [1.82, 2.24) is 24.5 Å². The SMILES string of the molecule is CS(=O)(=O)N1CCCC(c2cnc(-c3cn[nH]c3)cn2)C1. The topological polar surface area (TPSA) is 91.8 Å². The van der Waals surface area contributed by atoms with Gasteiger partial charge in [0.2, 0.25) is 10.0 Å². The highest BCUT2D eigenvalue weighted by Crippen LogP contribution is 2.27. The van der Waals surface area contributed by atoms with Gasteiger partial charge in [0.1, 0.15) is 0 Å². The third-order valence-electron chi connectivity index (χ3n) is 3.74. The van der Waals surface area contributed by atoms with Gasteiger partial charge in [-0.05, 0) is 12.8 Å². The molecule has 0 aliphatic carbocycles. The Kier molecular flexibility index (Phi) is 3.73. The summed E-state index contributed by atoms with van der Waals surface area (Å²) in [5.41, 5.74) is 2.48. The molecule has 2 aromatic rings. The summed E-state index contributed by atoms with van der Waals surface area (Å²) in [7, 11) is -3.14. The van der Waals surface area contributed by atoms with Crippen LogP contribution in [0.15, 0.2) is 24.8 Å². The minimum Gasteiger partial charge on any atom is -0.285 e. The summed E-state index contributed by atoms with van der Waals surface area (Å²) in [6, 6.07) is 0. The summed E-state index contributed by atoms with van der Waals surface area (Å²) in [6.45, 7) is 1.08. The lowest BCUT2D eigenvalue weighted by molar-refractivity contribution is 0.314. The molecule has 0 aromatic carbocycles. The Labute approximate surface area is 123 Å². The highest BCUT2D eigenvalue weighted by Gasteiger charge is 2.27. The fourth-order valence-electron chi connectivity index (χ4n) is 2.57. The molecule has 1 saturated heterocycles. The van der Waals surface area contributed by atoms with Crippen molar-refractivity contribution in [3.05, 3.63) is 30.5 Å². The van der Waals surface area contributed by atoms with Crippen LogP contribution in [0.2, 0.25) is 0 Å². The van der Waals surface area contributed by atoms with E-state index in [4.69, 9.17) is 0 Å². The molecule has 112 valence electrons. The van der Waals surface area contributed by atoms with Crippen molar-refractivity contribution in [3.8, 4) is 11.3 Å². The first kappa shape index (κ1) is 14.2. The highest BCUT2D eigenvalue weighted by atomic mass is 32.2. The van der Waals surface area contributed by atoms with Crippen LogP contribution in [0.25, 0.3) is 11.3 Å². The summed E-state index contributed by atoms with van der Waals surface area (Å²) < 4.78 is 24.8. The predicted molar refractivity (Wildman–Crippen MR) is 78.0 cm³/mol. The third-order valence-corrected chi connectivity index (χ3v) is 5.01. The van der Waals surface area contributed by atoms with Crippen LogP contribution in [0.3, 0.4) is 0 Å². The Morgan fingerprint density at radius 3 is 2.76 bits per heavy atom. The van der Waals surface area contributed by atoms with Crippen LogP contribution in [0, 0.1) is 0 Å². The first-order valence-electron chi connectivity index (χ1n) is 6.80. The summed E-state index contributed by atoms with van der Waals surface area (Å²) in [4.78, 5) is 8.84. The number of piperidine rings is 1. The maximum atomic E-state index is 11.7. The van der Waals surface area contributed by atoms with E-state index in [-0.39, 0.29) is 5.92 Å². The largest absolute Gasteiger partial charge is 0.285 e. The molecular formula is C13H17N5O2S. The van der Waals surface area contributed by atoms with Gasteiger partial charge in [-0.2, -0.15) is 5.10 Å². The maximum Gasteiger partial charge on any atom is 0.211 e. The van der Waals surface area contributed by atoms with Gasteiger partial charge in [0, 0.05) is 37.0 Å². The van der Waals surface area contributed by atoms with Gasteiger partial charge in [-0.25, -0.2) is 12.7 Å². The zero-order chi connectivity index (χ0) is 14.9. The van der Waals surface area contributed by atoms with Crippen LogP contribution >= 0.6 is 0 Å². The van der Waals surface area contributed by atoms with Gasteiger partial charge in [-0.3, -0.25) is 15.1 Å². The standard InChI is InChI=1S/C13H17N5O2S/c1-21(19,20)18-4-2-3-10(9-18)12-7-15-13(8-14-12)11-5-16-17-6-11/h5-8,10H,2-4,9H2,1H3,(H,16,17). The van der Waals surface area contributed by atoms with Crippen LogP contribution in [-0.4, -0.2) is 52.2 Å². The fourth-order valence-corrected chi connectivity index (χ4v) is 3.49. The predicted octanol–water partition coefficient (Wildman–Crippen LogP) is 1.01. The summed E-state index contributed by atoms with van der Waals surface area (Å²) in [5.74, 6) is 0.111. The molecule has 3 rings (SSSR count). The lowest BCUT2D eigenvalue weighted by Gasteiger charge is -2.30. The van der Waals surface area contributed by atoms with Crippen molar-refractivity contribution in [2.45, 2.75) is 18.8 Å². The fraction of sp³-hybridized carbons (Fsp3) is 0.462.